The maximum absolute atomic E-state index is 3.39. The van der Waals surface area contributed by atoms with E-state index in [4.69, 9.17) is 0 Å². The smallest absolute Gasteiger partial charge is 0.0124 e. The minimum absolute atomic E-state index is 0.321. The summed E-state index contributed by atoms with van der Waals surface area (Å²) >= 11 is 0. The number of nitrogens with one attached hydrogen (secondary N) is 1. The second-order valence-electron chi connectivity index (χ2n) is 4.76. The summed E-state index contributed by atoms with van der Waals surface area (Å²) in [7, 11) is 2.25. The molecule has 0 amide bonds. The predicted octanol–water partition coefficient (Wildman–Crippen LogP) is 1.47. The molecule has 0 aliphatic carbocycles. The van der Waals surface area contributed by atoms with Gasteiger partial charge in [0.05, 0.1) is 0 Å². The van der Waals surface area contributed by atoms with Crippen LogP contribution < -0.4 is 5.32 Å². The Hall–Kier alpha value is -0.0800. The summed E-state index contributed by atoms with van der Waals surface area (Å²) in [6, 6.07) is 0.784. The molecule has 0 aromatic carbocycles. The number of hydrogen-bond donors (Lipinski definition) is 1. The van der Waals surface area contributed by atoms with Crippen LogP contribution >= 0.6 is 0 Å². The van der Waals surface area contributed by atoms with Gasteiger partial charge < -0.3 is 5.32 Å². The van der Waals surface area contributed by atoms with Gasteiger partial charge in [-0.15, -0.1) is 0 Å². The van der Waals surface area contributed by atoms with Gasteiger partial charge in [-0.05, 0) is 53.8 Å². The molecule has 0 aromatic rings. The van der Waals surface area contributed by atoms with Crippen LogP contribution in [0.1, 0.15) is 33.6 Å². The van der Waals surface area contributed by atoms with Crippen LogP contribution in [0.25, 0.3) is 0 Å². The minimum atomic E-state index is 0.321. The van der Waals surface area contributed by atoms with Crippen molar-refractivity contribution < 1.29 is 0 Å². The summed E-state index contributed by atoms with van der Waals surface area (Å²) in [4.78, 5) is 2.51. The fraction of sp³-hybridized carbons (Fsp3) is 1.00. The highest BCUT2D eigenvalue weighted by Crippen LogP contribution is 2.19. The fourth-order valence-electron chi connectivity index (χ4n) is 1.74. The predicted molar refractivity (Wildman–Crippen MR) is 53.4 cm³/mol. The molecule has 0 unspecified atom stereocenters. The monoisotopic (exact) mass is 170 g/mol. The molecule has 0 radical (unpaired) electrons. The lowest BCUT2D eigenvalue weighted by Crippen LogP contribution is -2.49. The van der Waals surface area contributed by atoms with Gasteiger partial charge in [0, 0.05) is 11.6 Å². The van der Waals surface area contributed by atoms with Gasteiger partial charge in [0.2, 0.25) is 0 Å². The highest BCUT2D eigenvalue weighted by Gasteiger charge is 2.25. The highest BCUT2D eigenvalue weighted by molar-refractivity contribution is 4.83. The van der Waals surface area contributed by atoms with E-state index in [1.807, 2.05) is 0 Å². The van der Waals surface area contributed by atoms with Gasteiger partial charge in [-0.2, -0.15) is 0 Å². The lowest BCUT2D eigenvalue weighted by Gasteiger charge is -2.40. The first-order chi connectivity index (χ1) is 5.52. The molecule has 0 bridgehead atoms. The Morgan fingerprint density at radius 2 is 1.67 bits per heavy atom. The molecule has 0 saturated carbocycles. The third-order valence-electron chi connectivity index (χ3n) is 2.91. The zero-order valence-electron chi connectivity index (χ0n) is 8.85. The molecule has 72 valence electrons. The summed E-state index contributed by atoms with van der Waals surface area (Å²) in [5.41, 5.74) is 0.321. The third-order valence-corrected chi connectivity index (χ3v) is 2.91. The molecule has 2 nitrogen and oxygen atoms in total. The Morgan fingerprint density at radius 1 is 1.17 bits per heavy atom. The molecule has 0 atom stereocenters. The van der Waals surface area contributed by atoms with Crippen LogP contribution in [0.2, 0.25) is 0 Å². The summed E-state index contributed by atoms with van der Waals surface area (Å²) in [6.45, 7) is 9.23. The van der Waals surface area contributed by atoms with Crippen molar-refractivity contribution in [3.8, 4) is 0 Å². The Labute approximate surface area is 76.3 Å². The maximum Gasteiger partial charge on any atom is 0.0124 e. The molecular weight excluding hydrogens is 148 g/mol. The van der Waals surface area contributed by atoms with Crippen molar-refractivity contribution in [2.24, 2.45) is 0 Å². The molecule has 1 aliphatic heterocycles. The van der Waals surface area contributed by atoms with Crippen LogP contribution in [0.3, 0.4) is 0 Å². The van der Waals surface area contributed by atoms with Crippen molar-refractivity contribution >= 4 is 0 Å². The van der Waals surface area contributed by atoms with E-state index in [2.05, 4.69) is 38.0 Å². The highest BCUT2D eigenvalue weighted by atomic mass is 15.2. The Balaban J connectivity index is 2.45. The number of hydrogen-bond acceptors (Lipinski definition) is 2. The summed E-state index contributed by atoms with van der Waals surface area (Å²) in [5.74, 6) is 0. The van der Waals surface area contributed by atoms with Gasteiger partial charge in [0.25, 0.3) is 0 Å². The van der Waals surface area contributed by atoms with Gasteiger partial charge in [-0.25, -0.2) is 0 Å². The maximum atomic E-state index is 3.39. The average Bonchev–Trinajstić information content (AvgIpc) is 2.03. The molecule has 0 spiro atoms. The zero-order valence-corrected chi connectivity index (χ0v) is 8.85. The first kappa shape index (κ1) is 10.0. The average molecular weight is 170 g/mol. The Bertz CT molecular complexity index is 131. The van der Waals surface area contributed by atoms with Crippen LogP contribution in [0.4, 0.5) is 0 Å². The van der Waals surface area contributed by atoms with E-state index < -0.39 is 0 Å². The minimum Gasteiger partial charge on any atom is -0.317 e. The molecule has 1 saturated heterocycles. The van der Waals surface area contributed by atoms with Crippen LogP contribution in [0.15, 0.2) is 0 Å². The molecule has 1 aliphatic rings. The van der Waals surface area contributed by atoms with Crippen LogP contribution in [-0.2, 0) is 0 Å². The second kappa shape index (κ2) is 3.75. The number of rotatable bonds is 1. The first-order valence-electron chi connectivity index (χ1n) is 4.95. The van der Waals surface area contributed by atoms with Gasteiger partial charge in [0.1, 0.15) is 0 Å². The molecule has 1 rings (SSSR count). The normalized spacial score (nSPS) is 21.8. The van der Waals surface area contributed by atoms with Crippen LogP contribution in [0.5, 0.6) is 0 Å². The Morgan fingerprint density at radius 3 is 2.08 bits per heavy atom. The van der Waals surface area contributed by atoms with E-state index in [1.54, 1.807) is 0 Å². The first-order valence-corrected chi connectivity index (χ1v) is 4.95. The van der Waals surface area contributed by atoms with E-state index in [9.17, 15) is 0 Å². The number of nitrogens with zero attached hydrogens (tertiary/aromatic N) is 1. The summed E-state index contributed by atoms with van der Waals surface area (Å²) in [6.07, 6.45) is 2.60. The summed E-state index contributed by atoms with van der Waals surface area (Å²) < 4.78 is 0. The van der Waals surface area contributed by atoms with E-state index in [1.165, 1.54) is 25.9 Å². The topological polar surface area (TPSA) is 15.3 Å². The third kappa shape index (κ3) is 2.46. The molecule has 12 heavy (non-hydrogen) atoms. The lowest BCUT2D eigenvalue weighted by atomic mass is 9.98. The van der Waals surface area contributed by atoms with Crippen molar-refractivity contribution in [1.82, 2.24) is 10.2 Å². The molecule has 1 N–H and O–H groups in total. The van der Waals surface area contributed by atoms with Crippen molar-refractivity contribution in [2.75, 3.05) is 20.1 Å². The van der Waals surface area contributed by atoms with E-state index >= 15 is 0 Å². The van der Waals surface area contributed by atoms with E-state index in [0.29, 0.717) is 5.54 Å². The molecule has 2 heteroatoms. The summed E-state index contributed by atoms with van der Waals surface area (Å²) in [5, 5.41) is 3.39. The van der Waals surface area contributed by atoms with Crippen molar-refractivity contribution in [3.05, 3.63) is 0 Å². The number of piperidine rings is 1. The van der Waals surface area contributed by atoms with Crippen molar-refractivity contribution in [1.29, 1.82) is 0 Å². The van der Waals surface area contributed by atoms with Crippen LogP contribution in [0, 0.1) is 0 Å². The van der Waals surface area contributed by atoms with Gasteiger partial charge in [-0.3, -0.25) is 4.90 Å². The lowest BCUT2D eigenvalue weighted by molar-refractivity contribution is 0.0955. The zero-order chi connectivity index (χ0) is 9.19. The van der Waals surface area contributed by atoms with E-state index in [-0.39, 0.29) is 0 Å². The Kier molecular flexibility index (Phi) is 3.13. The van der Waals surface area contributed by atoms with E-state index in [0.717, 1.165) is 6.04 Å². The standard InChI is InChI=1S/C10H22N2/c1-10(2,3)12(4)9-5-7-11-8-6-9/h9,11H,5-8H2,1-4H3. The second-order valence-corrected chi connectivity index (χ2v) is 4.76. The molecular formula is C10H22N2. The molecule has 1 fully saturated rings. The van der Waals surface area contributed by atoms with Crippen molar-refractivity contribution in [2.45, 2.75) is 45.2 Å². The largest absolute Gasteiger partial charge is 0.317 e. The molecule has 1 heterocycles. The van der Waals surface area contributed by atoms with Gasteiger partial charge in [-0.1, -0.05) is 0 Å². The van der Waals surface area contributed by atoms with Gasteiger partial charge >= 0.3 is 0 Å². The van der Waals surface area contributed by atoms with Crippen LogP contribution in [-0.4, -0.2) is 36.6 Å². The van der Waals surface area contributed by atoms with Crippen molar-refractivity contribution in [3.63, 3.8) is 0 Å². The quantitative estimate of drug-likeness (QED) is 0.641. The fourth-order valence-corrected chi connectivity index (χ4v) is 1.74. The SMILES string of the molecule is CN(C1CCNCC1)C(C)(C)C. The molecule has 0 aromatic heterocycles. The van der Waals surface area contributed by atoms with Gasteiger partial charge in [0.15, 0.2) is 0 Å².